The van der Waals surface area contributed by atoms with Crippen LogP contribution in [-0.4, -0.2) is 45.3 Å². The van der Waals surface area contributed by atoms with Crippen LogP contribution in [0.1, 0.15) is 10.4 Å². The highest BCUT2D eigenvalue weighted by molar-refractivity contribution is 6.32. The van der Waals surface area contributed by atoms with Gasteiger partial charge in [-0.05, 0) is 6.07 Å². The van der Waals surface area contributed by atoms with Crippen LogP contribution in [0.4, 0.5) is 5.69 Å². The van der Waals surface area contributed by atoms with E-state index in [1.807, 2.05) is 0 Å². The summed E-state index contributed by atoms with van der Waals surface area (Å²) in [6, 6.07) is 0.231. The van der Waals surface area contributed by atoms with Crippen molar-refractivity contribution in [2.24, 2.45) is 0 Å². The highest BCUT2D eigenvalue weighted by Gasteiger charge is 2.25. The number of carbonyl (C=O) groups excluding carboxylic acids is 1. The number of nitrogens with zero attached hydrogens (tertiary/aromatic N) is 2. The zero-order valence-electron chi connectivity index (χ0n) is 9.04. The normalized spacial score (nSPS) is 10.4. The summed E-state index contributed by atoms with van der Waals surface area (Å²) >= 11 is 5.54. The van der Waals surface area contributed by atoms with Gasteiger partial charge in [0.05, 0.1) is 24.2 Å². The number of carbonyl (C=O) groups is 1. The lowest BCUT2D eigenvalue weighted by molar-refractivity contribution is -0.385. The summed E-state index contributed by atoms with van der Waals surface area (Å²) < 4.78 is 0. The summed E-state index contributed by atoms with van der Waals surface area (Å²) in [5, 5.41) is 30.2. The van der Waals surface area contributed by atoms with Crippen LogP contribution in [0.2, 0.25) is 5.15 Å². The van der Waals surface area contributed by atoms with Crippen molar-refractivity contribution < 1.29 is 19.9 Å². The van der Waals surface area contributed by atoms with Crippen molar-refractivity contribution in [3.63, 3.8) is 0 Å². The minimum absolute atomic E-state index is 0.285. The number of nitro groups is 1. The van der Waals surface area contributed by atoms with Gasteiger partial charge in [0, 0.05) is 6.20 Å². The topological polar surface area (TPSA) is 126 Å². The van der Waals surface area contributed by atoms with Crippen molar-refractivity contribution in [1.82, 2.24) is 10.3 Å². The van der Waals surface area contributed by atoms with Crippen LogP contribution in [0.15, 0.2) is 12.3 Å². The first-order chi connectivity index (χ1) is 8.51. The second kappa shape index (κ2) is 6.24. The quantitative estimate of drug-likeness (QED) is 0.386. The van der Waals surface area contributed by atoms with Crippen molar-refractivity contribution in [3.8, 4) is 0 Å². The number of hydrogen-bond acceptors (Lipinski definition) is 6. The average molecular weight is 276 g/mol. The van der Waals surface area contributed by atoms with Gasteiger partial charge in [-0.1, -0.05) is 11.6 Å². The van der Waals surface area contributed by atoms with Crippen LogP contribution in [0.5, 0.6) is 0 Å². The Kier molecular flexibility index (Phi) is 4.95. The summed E-state index contributed by atoms with van der Waals surface area (Å²) in [6.07, 6.45) is 1.15. The fraction of sp³-hybridized carbons (Fsp3) is 0.333. The third-order valence-corrected chi connectivity index (χ3v) is 2.36. The Morgan fingerprint density at radius 3 is 2.67 bits per heavy atom. The van der Waals surface area contributed by atoms with Gasteiger partial charge in [-0.15, -0.1) is 0 Å². The Labute approximate surface area is 106 Å². The molecule has 18 heavy (non-hydrogen) atoms. The van der Waals surface area contributed by atoms with Gasteiger partial charge in [-0.25, -0.2) is 4.98 Å². The molecule has 1 aromatic heterocycles. The van der Waals surface area contributed by atoms with Gasteiger partial charge in [0.2, 0.25) is 5.15 Å². The van der Waals surface area contributed by atoms with E-state index in [2.05, 4.69) is 10.3 Å². The SMILES string of the molecule is O=C(NC(CO)CO)c1ccnc(Cl)c1[N+](=O)[O-]. The third-order valence-electron chi connectivity index (χ3n) is 2.08. The molecule has 0 unspecified atom stereocenters. The van der Waals surface area contributed by atoms with E-state index in [0.29, 0.717) is 0 Å². The average Bonchev–Trinajstić information content (AvgIpc) is 2.34. The first kappa shape index (κ1) is 14.3. The highest BCUT2D eigenvalue weighted by atomic mass is 35.5. The van der Waals surface area contributed by atoms with Crippen molar-refractivity contribution in [2.75, 3.05) is 13.2 Å². The van der Waals surface area contributed by atoms with Crippen molar-refractivity contribution >= 4 is 23.2 Å². The molecule has 1 aromatic rings. The molecule has 1 heterocycles. The smallest absolute Gasteiger partial charge is 0.319 e. The fourth-order valence-corrected chi connectivity index (χ4v) is 1.42. The minimum atomic E-state index is -0.899. The first-order valence-corrected chi connectivity index (χ1v) is 5.20. The number of amides is 1. The second-order valence-electron chi connectivity index (χ2n) is 3.29. The summed E-state index contributed by atoms with van der Waals surface area (Å²) in [7, 11) is 0. The molecular weight excluding hydrogens is 266 g/mol. The molecule has 98 valence electrons. The fourth-order valence-electron chi connectivity index (χ4n) is 1.20. The number of aliphatic hydroxyl groups excluding tert-OH is 2. The predicted octanol–water partition coefficient (Wildman–Crippen LogP) is -0.274. The number of pyridine rings is 1. The number of nitrogens with one attached hydrogen (secondary N) is 1. The number of rotatable bonds is 5. The van der Waals surface area contributed by atoms with Crippen LogP contribution < -0.4 is 5.32 Å². The van der Waals surface area contributed by atoms with E-state index in [4.69, 9.17) is 21.8 Å². The summed E-state index contributed by atoms with van der Waals surface area (Å²) in [4.78, 5) is 25.2. The Morgan fingerprint density at radius 2 is 2.17 bits per heavy atom. The lowest BCUT2D eigenvalue weighted by Crippen LogP contribution is -2.40. The van der Waals surface area contributed by atoms with Gasteiger partial charge in [0.25, 0.3) is 5.91 Å². The van der Waals surface area contributed by atoms with Gasteiger partial charge in [0.1, 0.15) is 5.56 Å². The Balaban J connectivity index is 3.06. The molecule has 0 saturated heterocycles. The van der Waals surface area contributed by atoms with E-state index in [1.165, 1.54) is 0 Å². The minimum Gasteiger partial charge on any atom is -0.394 e. The largest absolute Gasteiger partial charge is 0.394 e. The molecule has 0 saturated carbocycles. The number of aliphatic hydroxyl groups is 2. The van der Waals surface area contributed by atoms with Crippen molar-refractivity contribution in [1.29, 1.82) is 0 Å². The Morgan fingerprint density at radius 1 is 1.56 bits per heavy atom. The molecule has 0 spiro atoms. The molecule has 8 nitrogen and oxygen atoms in total. The molecule has 1 rings (SSSR count). The summed E-state index contributed by atoms with van der Waals surface area (Å²) in [5.74, 6) is -0.820. The molecule has 9 heteroatoms. The lowest BCUT2D eigenvalue weighted by atomic mass is 10.2. The molecular formula is C9H10ClN3O5. The predicted molar refractivity (Wildman–Crippen MR) is 61.3 cm³/mol. The van der Waals surface area contributed by atoms with Crippen molar-refractivity contribution in [3.05, 3.63) is 33.1 Å². The van der Waals surface area contributed by atoms with Crippen molar-refractivity contribution in [2.45, 2.75) is 6.04 Å². The highest BCUT2D eigenvalue weighted by Crippen LogP contribution is 2.25. The number of halogens is 1. The summed E-state index contributed by atoms with van der Waals surface area (Å²) in [6.45, 7) is -0.982. The van der Waals surface area contributed by atoms with Crippen LogP contribution in [0.25, 0.3) is 0 Å². The van der Waals surface area contributed by atoms with Gasteiger partial charge >= 0.3 is 5.69 Å². The maximum Gasteiger partial charge on any atom is 0.319 e. The first-order valence-electron chi connectivity index (χ1n) is 4.82. The number of hydrogen-bond donors (Lipinski definition) is 3. The van der Waals surface area contributed by atoms with E-state index in [-0.39, 0.29) is 5.56 Å². The lowest BCUT2D eigenvalue weighted by Gasteiger charge is -2.13. The van der Waals surface area contributed by atoms with Crippen LogP contribution >= 0.6 is 11.6 Å². The maximum atomic E-state index is 11.7. The maximum absolute atomic E-state index is 11.7. The molecule has 0 atom stereocenters. The molecule has 1 amide bonds. The van der Waals surface area contributed by atoms with Gasteiger partial charge in [0.15, 0.2) is 0 Å². The van der Waals surface area contributed by atoms with E-state index in [1.54, 1.807) is 0 Å². The van der Waals surface area contributed by atoms with Crippen LogP contribution in [0.3, 0.4) is 0 Å². The molecule has 0 aliphatic rings. The van der Waals surface area contributed by atoms with E-state index < -0.39 is 40.9 Å². The molecule has 3 N–H and O–H groups in total. The summed E-state index contributed by atoms with van der Waals surface area (Å²) in [5.41, 5.74) is -0.904. The Hall–Kier alpha value is -1.77. The monoisotopic (exact) mass is 275 g/mol. The van der Waals surface area contributed by atoms with Gasteiger partial charge in [-0.2, -0.15) is 0 Å². The van der Waals surface area contributed by atoms with Gasteiger partial charge in [-0.3, -0.25) is 14.9 Å². The molecule has 0 bridgehead atoms. The van der Waals surface area contributed by atoms with Gasteiger partial charge < -0.3 is 15.5 Å². The van der Waals surface area contributed by atoms with E-state index >= 15 is 0 Å². The van der Waals surface area contributed by atoms with E-state index in [0.717, 1.165) is 12.3 Å². The van der Waals surface area contributed by atoms with Crippen LogP contribution in [0, 0.1) is 10.1 Å². The second-order valence-corrected chi connectivity index (χ2v) is 3.65. The molecule has 0 fully saturated rings. The van der Waals surface area contributed by atoms with E-state index in [9.17, 15) is 14.9 Å². The molecule has 0 aromatic carbocycles. The zero-order chi connectivity index (χ0) is 13.7. The molecule has 0 aliphatic carbocycles. The third kappa shape index (κ3) is 3.13. The number of aromatic nitrogens is 1. The zero-order valence-corrected chi connectivity index (χ0v) is 9.79. The standard InChI is InChI=1S/C9H10ClN3O5/c10-8-7(13(17)18)6(1-2-11-8)9(16)12-5(3-14)4-15/h1-2,5,14-15H,3-4H2,(H,12,16). The molecule has 0 radical (unpaired) electrons. The molecule has 0 aliphatic heterocycles. The van der Waals surface area contributed by atoms with Crippen LogP contribution in [-0.2, 0) is 0 Å². The Bertz CT molecular complexity index is 464.